The molecule has 0 fully saturated rings. The van der Waals surface area contributed by atoms with Crippen LogP contribution in [0.3, 0.4) is 0 Å². The number of carbonyl (C=O) groups is 2. The summed E-state index contributed by atoms with van der Waals surface area (Å²) in [5.74, 6) is 0.328. The van der Waals surface area contributed by atoms with Gasteiger partial charge in [-0.2, -0.15) is 0 Å². The van der Waals surface area contributed by atoms with E-state index in [2.05, 4.69) is 5.32 Å². The lowest BCUT2D eigenvalue weighted by atomic mass is 10.1. The van der Waals surface area contributed by atoms with Crippen molar-refractivity contribution in [2.45, 2.75) is 57.1 Å². The van der Waals surface area contributed by atoms with Crippen LogP contribution in [0.4, 0.5) is 0 Å². The van der Waals surface area contributed by atoms with Crippen molar-refractivity contribution >= 4 is 46.8 Å². The van der Waals surface area contributed by atoms with Crippen LogP contribution in [0.5, 0.6) is 0 Å². The molecule has 30 heavy (non-hydrogen) atoms. The summed E-state index contributed by atoms with van der Waals surface area (Å²) in [6, 6.07) is 14.3. The van der Waals surface area contributed by atoms with E-state index in [-0.39, 0.29) is 23.9 Å². The second kappa shape index (κ2) is 11.1. The van der Waals surface area contributed by atoms with E-state index in [1.807, 2.05) is 63.2 Å². The van der Waals surface area contributed by atoms with Crippen molar-refractivity contribution in [1.29, 1.82) is 0 Å². The number of benzene rings is 2. The minimum atomic E-state index is -0.617. The Morgan fingerprint density at radius 3 is 2.30 bits per heavy atom. The summed E-state index contributed by atoms with van der Waals surface area (Å²) in [6.45, 7) is 7.78. The number of hydrogen-bond donors (Lipinski definition) is 1. The third kappa shape index (κ3) is 7.86. The standard InChI is InChI=1S/C23H28Cl2N2O2S/c1-16(22(29)26-23(2,3)4)27(15-17-7-5-6-8-20(17)25)21(28)13-14-30-19-11-9-18(24)10-12-19/h5-12,16H,13-15H2,1-4H3,(H,26,29). The molecule has 0 aromatic heterocycles. The average molecular weight is 467 g/mol. The topological polar surface area (TPSA) is 49.4 Å². The summed E-state index contributed by atoms with van der Waals surface area (Å²) >= 11 is 13.8. The minimum absolute atomic E-state index is 0.0899. The van der Waals surface area contributed by atoms with Crippen molar-refractivity contribution in [3.63, 3.8) is 0 Å². The Morgan fingerprint density at radius 1 is 1.07 bits per heavy atom. The summed E-state index contributed by atoms with van der Waals surface area (Å²) in [5.41, 5.74) is 0.433. The highest BCUT2D eigenvalue weighted by molar-refractivity contribution is 7.99. The molecule has 4 nitrogen and oxygen atoms in total. The van der Waals surface area contributed by atoms with E-state index in [1.165, 1.54) is 0 Å². The molecule has 1 atom stereocenters. The molecule has 0 aliphatic carbocycles. The van der Waals surface area contributed by atoms with Gasteiger partial charge in [-0.05, 0) is 63.6 Å². The lowest BCUT2D eigenvalue weighted by Gasteiger charge is -2.31. The smallest absolute Gasteiger partial charge is 0.242 e. The molecule has 162 valence electrons. The highest BCUT2D eigenvalue weighted by Crippen LogP contribution is 2.23. The molecular formula is C23H28Cl2N2O2S. The predicted molar refractivity (Wildman–Crippen MR) is 126 cm³/mol. The second-order valence-corrected chi connectivity index (χ2v) is 10.1. The molecular weight excluding hydrogens is 439 g/mol. The molecule has 2 amide bonds. The van der Waals surface area contributed by atoms with Gasteiger partial charge in [0.1, 0.15) is 6.04 Å². The largest absolute Gasteiger partial charge is 0.350 e. The van der Waals surface area contributed by atoms with Gasteiger partial charge in [0.2, 0.25) is 11.8 Å². The fourth-order valence-corrected chi connectivity index (χ4v) is 3.96. The summed E-state index contributed by atoms with van der Waals surface area (Å²) in [6.07, 6.45) is 0.310. The van der Waals surface area contributed by atoms with Crippen LogP contribution in [-0.2, 0) is 16.1 Å². The van der Waals surface area contributed by atoms with Gasteiger partial charge in [-0.25, -0.2) is 0 Å². The monoisotopic (exact) mass is 466 g/mol. The van der Waals surface area contributed by atoms with E-state index in [0.29, 0.717) is 22.2 Å². The molecule has 0 radical (unpaired) electrons. The molecule has 2 rings (SSSR count). The molecule has 2 aromatic carbocycles. The number of nitrogens with one attached hydrogen (secondary N) is 1. The number of carbonyl (C=O) groups excluding carboxylic acids is 2. The van der Waals surface area contributed by atoms with Gasteiger partial charge in [0, 0.05) is 39.2 Å². The molecule has 0 spiro atoms. The van der Waals surface area contributed by atoms with Crippen LogP contribution in [-0.4, -0.2) is 34.0 Å². The number of nitrogens with zero attached hydrogens (tertiary/aromatic N) is 1. The molecule has 0 saturated heterocycles. The third-order valence-corrected chi connectivity index (χ3v) is 6.00. The molecule has 0 saturated carbocycles. The van der Waals surface area contributed by atoms with Gasteiger partial charge in [0.25, 0.3) is 0 Å². The Labute approximate surface area is 193 Å². The number of amides is 2. The second-order valence-electron chi connectivity index (χ2n) is 8.08. The van der Waals surface area contributed by atoms with Crippen molar-refractivity contribution in [3.8, 4) is 0 Å². The molecule has 0 heterocycles. The maximum atomic E-state index is 13.1. The van der Waals surface area contributed by atoms with Crippen LogP contribution in [0.1, 0.15) is 39.7 Å². The van der Waals surface area contributed by atoms with Crippen LogP contribution < -0.4 is 5.32 Å². The Hall–Kier alpha value is -1.69. The van der Waals surface area contributed by atoms with Crippen LogP contribution in [0.2, 0.25) is 10.0 Å². The van der Waals surface area contributed by atoms with Crippen molar-refractivity contribution in [1.82, 2.24) is 10.2 Å². The van der Waals surface area contributed by atoms with E-state index < -0.39 is 6.04 Å². The van der Waals surface area contributed by atoms with Crippen LogP contribution in [0, 0.1) is 0 Å². The van der Waals surface area contributed by atoms with Gasteiger partial charge in [-0.3, -0.25) is 9.59 Å². The Bertz CT molecular complexity index is 866. The molecule has 7 heteroatoms. The SMILES string of the molecule is CC(C(=O)NC(C)(C)C)N(Cc1ccccc1Cl)C(=O)CCSc1ccc(Cl)cc1. The summed E-state index contributed by atoms with van der Waals surface area (Å²) < 4.78 is 0. The first-order chi connectivity index (χ1) is 14.1. The normalized spacial score (nSPS) is 12.3. The minimum Gasteiger partial charge on any atom is -0.350 e. The van der Waals surface area contributed by atoms with Crippen LogP contribution in [0.25, 0.3) is 0 Å². The number of halogens is 2. The first-order valence-electron chi connectivity index (χ1n) is 9.80. The predicted octanol–water partition coefficient (Wildman–Crippen LogP) is 5.81. The summed E-state index contributed by atoms with van der Waals surface area (Å²) in [5, 5.41) is 4.22. The van der Waals surface area contributed by atoms with Gasteiger partial charge in [0.05, 0.1) is 0 Å². The first-order valence-corrected chi connectivity index (χ1v) is 11.5. The quantitative estimate of drug-likeness (QED) is 0.499. The Balaban J connectivity index is 2.10. The fraction of sp³-hybridized carbons (Fsp3) is 0.391. The maximum Gasteiger partial charge on any atom is 0.242 e. The molecule has 0 bridgehead atoms. The van der Waals surface area contributed by atoms with Gasteiger partial charge in [-0.1, -0.05) is 41.4 Å². The molecule has 1 unspecified atom stereocenters. The number of thioether (sulfide) groups is 1. The van der Waals surface area contributed by atoms with Crippen molar-refractivity contribution in [2.24, 2.45) is 0 Å². The van der Waals surface area contributed by atoms with Crippen molar-refractivity contribution in [3.05, 3.63) is 64.1 Å². The van der Waals surface area contributed by atoms with E-state index in [1.54, 1.807) is 29.7 Å². The van der Waals surface area contributed by atoms with E-state index in [9.17, 15) is 9.59 Å². The summed E-state index contributed by atoms with van der Waals surface area (Å²) in [7, 11) is 0. The zero-order valence-corrected chi connectivity index (χ0v) is 20.1. The molecule has 0 aliphatic rings. The van der Waals surface area contributed by atoms with Gasteiger partial charge in [0.15, 0.2) is 0 Å². The average Bonchev–Trinajstić information content (AvgIpc) is 2.67. The zero-order valence-electron chi connectivity index (χ0n) is 17.7. The third-order valence-electron chi connectivity index (χ3n) is 4.36. The number of hydrogen-bond acceptors (Lipinski definition) is 3. The van der Waals surface area contributed by atoms with E-state index in [4.69, 9.17) is 23.2 Å². The number of rotatable bonds is 8. The zero-order chi connectivity index (χ0) is 22.3. The van der Waals surface area contributed by atoms with Crippen LogP contribution >= 0.6 is 35.0 Å². The highest BCUT2D eigenvalue weighted by atomic mass is 35.5. The van der Waals surface area contributed by atoms with Gasteiger partial charge >= 0.3 is 0 Å². The summed E-state index contributed by atoms with van der Waals surface area (Å²) in [4.78, 5) is 28.5. The van der Waals surface area contributed by atoms with Gasteiger partial charge < -0.3 is 10.2 Å². The van der Waals surface area contributed by atoms with Crippen LogP contribution in [0.15, 0.2) is 53.4 Å². The lowest BCUT2D eigenvalue weighted by Crippen LogP contribution is -2.52. The van der Waals surface area contributed by atoms with Crippen molar-refractivity contribution < 1.29 is 9.59 Å². The van der Waals surface area contributed by atoms with Crippen molar-refractivity contribution in [2.75, 3.05) is 5.75 Å². The Kier molecular flexibility index (Phi) is 9.08. The van der Waals surface area contributed by atoms with E-state index >= 15 is 0 Å². The molecule has 2 aromatic rings. The van der Waals surface area contributed by atoms with E-state index in [0.717, 1.165) is 10.5 Å². The lowest BCUT2D eigenvalue weighted by molar-refractivity contribution is -0.140. The fourth-order valence-electron chi connectivity index (χ4n) is 2.80. The maximum absolute atomic E-state index is 13.1. The first kappa shape index (κ1) is 24.6. The highest BCUT2D eigenvalue weighted by Gasteiger charge is 2.28. The molecule has 1 N–H and O–H groups in total. The molecule has 0 aliphatic heterocycles. The van der Waals surface area contributed by atoms with Gasteiger partial charge in [-0.15, -0.1) is 11.8 Å². The Morgan fingerprint density at radius 2 is 1.70 bits per heavy atom.